The summed E-state index contributed by atoms with van der Waals surface area (Å²) < 4.78 is 11.1. The third-order valence-electron chi connectivity index (χ3n) is 5.13. The summed E-state index contributed by atoms with van der Waals surface area (Å²) in [4.78, 5) is 21.6. The highest BCUT2D eigenvalue weighted by atomic mass is 16.5. The lowest BCUT2D eigenvalue weighted by atomic mass is 9.94. The Balaban J connectivity index is 1.46. The van der Waals surface area contributed by atoms with E-state index in [0.29, 0.717) is 31.5 Å². The van der Waals surface area contributed by atoms with Gasteiger partial charge < -0.3 is 14.2 Å². The van der Waals surface area contributed by atoms with E-state index in [1.807, 2.05) is 18.7 Å². The van der Waals surface area contributed by atoms with Crippen molar-refractivity contribution >= 4 is 5.91 Å². The summed E-state index contributed by atoms with van der Waals surface area (Å²) in [7, 11) is 0. The van der Waals surface area contributed by atoms with Gasteiger partial charge in [0.25, 0.3) is 0 Å². The summed E-state index contributed by atoms with van der Waals surface area (Å²) >= 11 is 0. The molecule has 2 saturated heterocycles. The Morgan fingerprint density at radius 3 is 2.46 bits per heavy atom. The lowest BCUT2D eigenvalue weighted by Gasteiger charge is -2.39. The van der Waals surface area contributed by atoms with Crippen LogP contribution >= 0.6 is 0 Å². The van der Waals surface area contributed by atoms with Crippen LogP contribution in [0.2, 0.25) is 0 Å². The predicted octanol–water partition coefficient (Wildman–Crippen LogP) is 2.12. The monoisotopic (exact) mass is 364 g/mol. The number of hydrogen-bond acceptors (Lipinski definition) is 6. The minimum atomic E-state index is 0.126. The summed E-state index contributed by atoms with van der Waals surface area (Å²) in [5, 5.41) is 4.09. The molecule has 3 rings (SSSR count). The number of carbonyl (C=O) groups excluding carboxylic acids is 1. The maximum atomic E-state index is 12.8. The van der Waals surface area contributed by atoms with Crippen molar-refractivity contribution in [2.24, 2.45) is 11.8 Å². The third kappa shape index (κ3) is 5.04. The van der Waals surface area contributed by atoms with Gasteiger partial charge in [-0.1, -0.05) is 19.0 Å². The molecule has 146 valence electrons. The summed E-state index contributed by atoms with van der Waals surface area (Å²) in [6.45, 7) is 12.3. The Kier molecular flexibility index (Phi) is 6.29. The van der Waals surface area contributed by atoms with Crippen LogP contribution in [0, 0.1) is 11.8 Å². The normalized spacial score (nSPS) is 25.8. The second-order valence-electron chi connectivity index (χ2n) is 8.25. The van der Waals surface area contributed by atoms with E-state index in [-0.39, 0.29) is 18.1 Å². The first-order chi connectivity index (χ1) is 12.4. The Bertz CT molecular complexity index is 585. The van der Waals surface area contributed by atoms with Gasteiger partial charge in [0, 0.05) is 25.4 Å². The van der Waals surface area contributed by atoms with Crippen LogP contribution < -0.4 is 0 Å². The summed E-state index contributed by atoms with van der Waals surface area (Å²) in [5.74, 6) is 2.41. The van der Waals surface area contributed by atoms with Gasteiger partial charge in [-0.3, -0.25) is 9.69 Å². The number of piperidine rings is 1. The van der Waals surface area contributed by atoms with E-state index in [4.69, 9.17) is 9.26 Å². The molecule has 0 radical (unpaired) electrons. The fraction of sp³-hybridized carbons (Fsp3) is 0.842. The minimum absolute atomic E-state index is 0.126. The zero-order valence-corrected chi connectivity index (χ0v) is 16.5. The molecule has 0 aromatic carbocycles. The SMILES string of the molecule is CC(C)Cc1nc(CN2CCC(C(=O)N3CC(C)OC(C)C3)CC2)no1. The summed E-state index contributed by atoms with van der Waals surface area (Å²) in [5.41, 5.74) is 0. The topological polar surface area (TPSA) is 71.7 Å². The first-order valence-corrected chi connectivity index (χ1v) is 9.88. The number of carbonyl (C=O) groups is 1. The Morgan fingerprint density at radius 2 is 1.85 bits per heavy atom. The molecule has 7 heteroatoms. The van der Waals surface area contributed by atoms with Crippen molar-refractivity contribution in [3.63, 3.8) is 0 Å². The van der Waals surface area contributed by atoms with Gasteiger partial charge >= 0.3 is 0 Å². The van der Waals surface area contributed by atoms with Crippen molar-refractivity contribution in [2.45, 2.75) is 65.7 Å². The van der Waals surface area contributed by atoms with Crippen LogP contribution in [0.5, 0.6) is 0 Å². The zero-order chi connectivity index (χ0) is 18.7. The van der Waals surface area contributed by atoms with Gasteiger partial charge in [0.15, 0.2) is 5.82 Å². The number of ether oxygens (including phenoxy) is 1. The maximum absolute atomic E-state index is 12.8. The molecule has 0 spiro atoms. The number of amides is 1. The van der Waals surface area contributed by atoms with Crippen LogP contribution in [-0.2, 0) is 22.5 Å². The number of likely N-dealkylation sites (tertiary alicyclic amines) is 1. The van der Waals surface area contributed by atoms with Gasteiger partial charge in [0.2, 0.25) is 11.8 Å². The van der Waals surface area contributed by atoms with Crippen molar-refractivity contribution in [1.82, 2.24) is 19.9 Å². The summed E-state index contributed by atoms with van der Waals surface area (Å²) in [6, 6.07) is 0. The predicted molar refractivity (Wildman–Crippen MR) is 97.4 cm³/mol. The molecule has 3 heterocycles. The molecule has 0 N–H and O–H groups in total. The molecule has 2 atom stereocenters. The number of hydrogen-bond donors (Lipinski definition) is 0. The molecular formula is C19H32N4O3. The lowest BCUT2D eigenvalue weighted by molar-refractivity contribution is -0.148. The number of morpholine rings is 1. The second kappa shape index (κ2) is 8.48. The molecule has 2 aliphatic rings. The van der Waals surface area contributed by atoms with Crippen LogP contribution in [-0.4, -0.2) is 64.2 Å². The molecule has 0 bridgehead atoms. The third-order valence-corrected chi connectivity index (χ3v) is 5.13. The van der Waals surface area contributed by atoms with Crippen LogP contribution in [0.1, 0.15) is 52.3 Å². The van der Waals surface area contributed by atoms with E-state index < -0.39 is 0 Å². The Morgan fingerprint density at radius 1 is 1.19 bits per heavy atom. The van der Waals surface area contributed by atoms with E-state index in [1.165, 1.54) is 0 Å². The number of aromatic nitrogens is 2. The average molecular weight is 364 g/mol. The molecule has 2 aliphatic heterocycles. The van der Waals surface area contributed by atoms with Crippen molar-refractivity contribution in [3.8, 4) is 0 Å². The van der Waals surface area contributed by atoms with Gasteiger partial charge in [-0.2, -0.15) is 4.98 Å². The molecule has 0 aliphatic carbocycles. The molecule has 0 saturated carbocycles. The molecular weight excluding hydrogens is 332 g/mol. The van der Waals surface area contributed by atoms with Crippen LogP contribution in [0.15, 0.2) is 4.52 Å². The highest BCUT2D eigenvalue weighted by Gasteiger charge is 2.32. The first kappa shape index (κ1) is 19.3. The smallest absolute Gasteiger partial charge is 0.226 e. The fourth-order valence-corrected chi connectivity index (χ4v) is 3.94. The van der Waals surface area contributed by atoms with Crippen molar-refractivity contribution < 1.29 is 14.1 Å². The highest BCUT2D eigenvalue weighted by Crippen LogP contribution is 2.23. The van der Waals surface area contributed by atoms with E-state index in [1.54, 1.807) is 0 Å². The Labute approximate surface area is 156 Å². The quantitative estimate of drug-likeness (QED) is 0.797. The highest BCUT2D eigenvalue weighted by molar-refractivity contribution is 5.79. The molecule has 7 nitrogen and oxygen atoms in total. The van der Waals surface area contributed by atoms with Crippen LogP contribution in [0.4, 0.5) is 0 Å². The lowest BCUT2D eigenvalue weighted by Crippen LogP contribution is -2.51. The van der Waals surface area contributed by atoms with E-state index in [2.05, 4.69) is 28.9 Å². The fourth-order valence-electron chi connectivity index (χ4n) is 3.94. The molecule has 26 heavy (non-hydrogen) atoms. The molecule has 1 aromatic rings. The standard InChI is InChI=1S/C19H32N4O3/c1-13(2)9-18-20-17(21-26-18)12-22-7-5-16(6-8-22)19(24)23-10-14(3)25-15(4)11-23/h13-16H,5-12H2,1-4H3. The molecule has 2 unspecified atom stereocenters. The van der Waals surface area contributed by atoms with Gasteiger partial charge in [-0.25, -0.2) is 0 Å². The average Bonchev–Trinajstić information content (AvgIpc) is 3.00. The van der Waals surface area contributed by atoms with Crippen LogP contribution in [0.3, 0.4) is 0 Å². The number of rotatable bonds is 5. The van der Waals surface area contributed by atoms with Gasteiger partial charge in [0.1, 0.15) is 0 Å². The van der Waals surface area contributed by atoms with Gasteiger partial charge in [-0.05, 0) is 45.7 Å². The first-order valence-electron chi connectivity index (χ1n) is 9.88. The molecule has 1 amide bonds. The van der Waals surface area contributed by atoms with Gasteiger partial charge in [-0.15, -0.1) is 0 Å². The largest absolute Gasteiger partial charge is 0.372 e. The summed E-state index contributed by atoms with van der Waals surface area (Å²) in [6.07, 6.45) is 2.87. The maximum Gasteiger partial charge on any atom is 0.226 e. The second-order valence-corrected chi connectivity index (χ2v) is 8.25. The van der Waals surface area contributed by atoms with Crippen molar-refractivity contribution in [2.75, 3.05) is 26.2 Å². The van der Waals surface area contributed by atoms with Crippen molar-refractivity contribution in [3.05, 3.63) is 11.7 Å². The molecule has 1 aromatic heterocycles. The molecule has 2 fully saturated rings. The van der Waals surface area contributed by atoms with E-state index >= 15 is 0 Å². The van der Waals surface area contributed by atoms with E-state index in [9.17, 15) is 4.79 Å². The minimum Gasteiger partial charge on any atom is -0.372 e. The van der Waals surface area contributed by atoms with Crippen LogP contribution in [0.25, 0.3) is 0 Å². The Hall–Kier alpha value is -1.47. The number of nitrogens with zero attached hydrogens (tertiary/aromatic N) is 4. The van der Waals surface area contributed by atoms with Gasteiger partial charge in [0.05, 0.1) is 18.8 Å². The zero-order valence-electron chi connectivity index (χ0n) is 16.5. The van der Waals surface area contributed by atoms with Crippen molar-refractivity contribution in [1.29, 1.82) is 0 Å². The van der Waals surface area contributed by atoms with E-state index in [0.717, 1.165) is 44.1 Å².